The molecule has 2 aliphatic rings. The number of halogens is 1. The van der Waals surface area contributed by atoms with E-state index in [1.807, 2.05) is 6.07 Å². The predicted molar refractivity (Wildman–Crippen MR) is 82.4 cm³/mol. The summed E-state index contributed by atoms with van der Waals surface area (Å²) in [6.45, 7) is 0. The van der Waals surface area contributed by atoms with Crippen LogP contribution < -0.4 is 10.2 Å². The smallest absolute Gasteiger partial charge is 0.261 e. The molecule has 3 heterocycles. The Labute approximate surface area is 133 Å². The summed E-state index contributed by atoms with van der Waals surface area (Å²) in [5, 5.41) is 3.04. The van der Waals surface area contributed by atoms with Crippen molar-refractivity contribution in [1.82, 2.24) is 10.3 Å². The number of nitrogens with one attached hydrogen (secondary N) is 1. The van der Waals surface area contributed by atoms with Crippen LogP contribution in [0.4, 0.5) is 5.69 Å². The molecule has 22 heavy (non-hydrogen) atoms. The Balaban J connectivity index is 1.89. The van der Waals surface area contributed by atoms with E-state index >= 15 is 0 Å². The Morgan fingerprint density at radius 3 is 2.86 bits per heavy atom. The highest BCUT2D eigenvalue weighted by atomic mass is 79.9. The van der Waals surface area contributed by atoms with Crippen molar-refractivity contribution in [1.29, 1.82) is 0 Å². The van der Waals surface area contributed by atoms with Gasteiger partial charge in [0.15, 0.2) is 0 Å². The molecule has 1 atom stereocenters. The van der Waals surface area contributed by atoms with Crippen molar-refractivity contribution in [2.45, 2.75) is 18.9 Å². The van der Waals surface area contributed by atoms with Gasteiger partial charge in [-0.2, -0.15) is 0 Å². The van der Waals surface area contributed by atoms with Gasteiger partial charge in [-0.05, 0) is 34.5 Å². The second-order valence-corrected chi connectivity index (χ2v) is 6.15. The SMILES string of the molecule is O=C1CCC(N2C(=O)c3c(Br)cnc4cccc2c34)C(=O)N1. The average Bonchev–Trinajstić information content (AvgIpc) is 2.78. The van der Waals surface area contributed by atoms with Gasteiger partial charge >= 0.3 is 0 Å². The largest absolute Gasteiger partial charge is 0.295 e. The van der Waals surface area contributed by atoms with Gasteiger partial charge in [0.1, 0.15) is 6.04 Å². The van der Waals surface area contributed by atoms with Crippen LogP contribution in [-0.2, 0) is 9.59 Å². The van der Waals surface area contributed by atoms with Crippen molar-refractivity contribution in [3.05, 3.63) is 34.4 Å². The number of hydrogen-bond acceptors (Lipinski definition) is 4. The third-order valence-corrected chi connectivity index (χ3v) is 4.64. The Morgan fingerprint density at radius 2 is 2.09 bits per heavy atom. The van der Waals surface area contributed by atoms with E-state index < -0.39 is 11.9 Å². The van der Waals surface area contributed by atoms with Gasteiger partial charge in [-0.15, -0.1) is 0 Å². The summed E-state index contributed by atoms with van der Waals surface area (Å²) >= 11 is 3.36. The lowest BCUT2D eigenvalue weighted by Gasteiger charge is -2.30. The van der Waals surface area contributed by atoms with Gasteiger partial charge in [0.25, 0.3) is 5.91 Å². The molecular weight excluding hydrogens is 350 g/mol. The normalized spacial score (nSPS) is 20.7. The third-order valence-electron chi connectivity index (χ3n) is 4.04. The Bertz CT molecular complexity index is 864. The number of carbonyl (C=O) groups is 3. The molecule has 3 amide bonds. The highest BCUT2D eigenvalue weighted by Gasteiger charge is 2.41. The van der Waals surface area contributed by atoms with E-state index in [0.717, 1.165) is 5.39 Å². The molecule has 0 aliphatic carbocycles. The summed E-state index contributed by atoms with van der Waals surface area (Å²) < 4.78 is 0.604. The maximum absolute atomic E-state index is 12.8. The Kier molecular flexibility index (Phi) is 2.80. The standard InChI is InChI=1S/C15H10BrN3O3/c16-7-6-17-8-2-1-3-9-13(8)12(7)15(22)19(9)10-4-5-11(20)18-14(10)21/h1-3,6,10H,4-5H2,(H,18,20,21). The van der Waals surface area contributed by atoms with Crippen molar-refractivity contribution in [3.63, 3.8) is 0 Å². The first-order chi connectivity index (χ1) is 10.6. The average molecular weight is 360 g/mol. The van der Waals surface area contributed by atoms with Crippen LogP contribution in [0.15, 0.2) is 28.9 Å². The maximum Gasteiger partial charge on any atom is 0.261 e. The monoisotopic (exact) mass is 359 g/mol. The lowest BCUT2D eigenvalue weighted by molar-refractivity contribution is -0.134. The van der Waals surface area contributed by atoms with Crippen molar-refractivity contribution in [3.8, 4) is 0 Å². The summed E-state index contributed by atoms with van der Waals surface area (Å²) in [7, 11) is 0. The highest BCUT2D eigenvalue weighted by molar-refractivity contribution is 9.10. The van der Waals surface area contributed by atoms with Crippen LogP contribution in [0.25, 0.3) is 10.9 Å². The molecule has 0 spiro atoms. The number of benzene rings is 1. The second kappa shape index (κ2) is 4.61. The van der Waals surface area contributed by atoms with Crippen LogP contribution in [-0.4, -0.2) is 28.7 Å². The molecule has 4 rings (SSSR count). The van der Waals surface area contributed by atoms with Crippen LogP contribution in [0.5, 0.6) is 0 Å². The highest BCUT2D eigenvalue weighted by Crippen LogP contribution is 2.41. The van der Waals surface area contributed by atoms with Gasteiger partial charge in [-0.25, -0.2) is 0 Å². The van der Waals surface area contributed by atoms with Crippen molar-refractivity contribution in [2.24, 2.45) is 0 Å². The Morgan fingerprint density at radius 1 is 1.27 bits per heavy atom. The number of rotatable bonds is 1. The van der Waals surface area contributed by atoms with Crippen molar-refractivity contribution in [2.75, 3.05) is 4.90 Å². The number of anilines is 1. The molecule has 1 saturated heterocycles. The van der Waals surface area contributed by atoms with Gasteiger partial charge < -0.3 is 0 Å². The maximum atomic E-state index is 12.8. The number of amides is 3. The van der Waals surface area contributed by atoms with Crippen LogP contribution in [0.3, 0.4) is 0 Å². The van der Waals surface area contributed by atoms with Gasteiger partial charge in [0.05, 0.1) is 16.8 Å². The predicted octanol–water partition coefficient (Wildman–Crippen LogP) is 1.76. The molecule has 1 N–H and O–H groups in total. The number of pyridine rings is 1. The van der Waals surface area contributed by atoms with Gasteiger partial charge in [-0.1, -0.05) is 6.07 Å². The molecule has 110 valence electrons. The minimum absolute atomic E-state index is 0.228. The zero-order chi connectivity index (χ0) is 15.4. The van der Waals surface area contributed by atoms with E-state index in [2.05, 4.69) is 26.2 Å². The van der Waals surface area contributed by atoms with E-state index in [9.17, 15) is 14.4 Å². The van der Waals surface area contributed by atoms with E-state index in [1.165, 1.54) is 4.90 Å². The molecule has 0 saturated carbocycles. The fourth-order valence-corrected chi connectivity index (χ4v) is 3.55. The van der Waals surface area contributed by atoms with Crippen LogP contribution in [0, 0.1) is 0 Å². The van der Waals surface area contributed by atoms with E-state index in [0.29, 0.717) is 27.7 Å². The lowest BCUT2D eigenvalue weighted by Crippen LogP contribution is -2.53. The van der Waals surface area contributed by atoms with Crippen LogP contribution in [0.2, 0.25) is 0 Å². The first-order valence-corrected chi connectivity index (χ1v) is 7.61. The number of piperidine rings is 1. The van der Waals surface area contributed by atoms with Crippen molar-refractivity contribution >= 4 is 50.2 Å². The molecule has 6 nitrogen and oxygen atoms in total. The van der Waals surface area contributed by atoms with Gasteiger partial charge in [-0.3, -0.25) is 29.6 Å². The summed E-state index contributed by atoms with van der Waals surface area (Å²) in [5.74, 6) is -0.972. The van der Waals surface area contributed by atoms with Crippen molar-refractivity contribution < 1.29 is 14.4 Å². The number of aromatic nitrogens is 1. The quantitative estimate of drug-likeness (QED) is 0.786. The minimum atomic E-state index is -0.671. The van der Waals surface area contributed by atoms with Crippen LogP contribution >= 0.6 is 15.9 Å². The molecule has 1 unspecified atom stereocenters. The first-order valence-electron chi connectivity index (χ1n) is 6.82. The number of nitrogens with zero attached hydrogens (tertiary/aromatic N) is 2. The molecule has 1 fully saturated rings. The molecule has 1 aromatic heterocycles. The van der Waals surface area contributed by atoms with Gasteiger partial charge in [0, 0.05) is 22.5 Å². The first kappa shape index (κ1) is 13.4. The van der Waals surface area contributed by atoms with E-state index in [-0.39, 0.29) is 18.2 Å². The molecular formula is C15H10BrN3O3. The summed E-state index contributed by atoms with van der Waals surface area (Å²) in [4.78, 5) is 42.1. The minimum Gasteiger partial charge on any atom is -0.295 e. The zero-order valence-electron chi connectivity index (χ0n) is 11.3. The number of hydrogen-bond donors (Lipinski definition) is 1. The molecule has 1 aromatic carbocycles. The topological polar surface area (TPSA) is 79.4 Å². The second-order valence-electron chi connectivity index (χ2n) is 5.29. The molecule has 7 heteroatoms. The number of imide groups is 1. The van der Waals surface area contributed by atoms with Crippen LogP contribution in [0.1, 0.15) is 23.2 Å². The lowest BCUT2D eigenvalue weighted by atomic mass is 10.0. The fourth-order valence-electron chi connectivity index (χ4n) is 3.08. The zero-order valence-corrected chi connectivity index (χ0v) is 12.9. The summed E-state index contributed by atoms with van der Waals surface area (Å²) in [5.41, 5.74) is 1.89. The van der Waals surface area contributed by atoms with E-state index in [4.69, 9.17) is 0 Å². The molecule has 0 radical (unpaired) electrons. The fraction of sp³-hybridized carbons (Fsp3) is 0.200. The van der Waals surface area contributed by atoms with Gasteiger partial charge in [0.2, 0.25) is 11.8 Å². The molecule has 2 aromatic rings. The summed E-state index contributed by atoms with van der Waals surface area (Å²) in [6, 6.07) is 4.76. The third kappa shape index (κ3) is 1.72. The Hall–Kier alpha value is -2.28. The van der Waals surface area contributed by atoms with E-state index in [1.54, 1.807) is 18.3 Å². The summed E-state index contributed by atoms with van der Waals surface area (Å²) in [6.07, 6.45) is 2.14. The number of carbonyl (C=O) groups excluding carboxylic acids is 3. The molecule has 2 aliphatic heterocycles. The molecule has 0 bridgehead atoms.